The molecule has 1 saturated heterocycles. The first kappa shape index (κ1) is 13.4. The second kappa shape index (κ2) is 5.71. The maximum absolute atomic E-state index is 6.17. The number of rotatable bonds is 5. The molecule has 2 nitrogen and oxygen atoms in total. The first-order valence-electron chi connectivity index (χ1n) is 7.72. The fourth-order valence-corrected chi connectivity index (χ4v) is 3.85. The Bertz CT molecular complexity index is 231. The van der Waals surface area contributed by atoms with Crippen LogP contribution in [0.1, 0.15) is 58.8 Å². The van der Waals surface area contributed by atoms with Gasteiger partial charge in [0.15, 0.2) is 0 Å². The van der Waals surface area contributed by atoms with E-state index >= 15 is 0 Å². The minimum atomic E-state index is 0.350. The summed E-state index contributed by atoms with van der Waals surface area (Å²) in [7, 11) is 0. The van der Waals surface area contributed by atoms with Gasteiger partial charge in [0.25, 0.3) is 0 Å². The van der Waals surface area contributed by atoms with Gasteiger partial charge in [-0.15, -0.1) is 0 Å². The quantitative estimate of drug-likeness (QED) is 0.798. The van der Waals surface area contributed by atoms with E-state index in [1.807, 2.05) is 0 Å². The lowest BCUT2D eigenvalue weighted by Gasteiger charge is -2.43. The van der Waals surface area contributed by atoms with Gasteiger partial charge < -0.3 is 5.73 Å². The van der Waals surface area contributed by atoms with Crippen LogP contribution >= 0.6 is 0 Å². The predicted octanol–water partition coefficient (Wildman–Crippen LogP) is 3.02. The number of hydrogen-bond acceptors (Lipinski definition) is 2. The number of nitrogens with two attached hydrogens (primary N) is 1. The summed E-state index contributed by atoms with van der Waals surface area (Å²) in [5.74, 6) is 1.86. The highest BCUT2D eigenvalue weighted by atomic mass is 15.2. The molecule has 0 radical (unpaired) electrons. The second-order valence-electron chi connectivity index (χ2n) is 6.13. The Labute approximate surface area is 107 Å². The Balaban J connectivity index is 2.03. The van der Waals surface area contributed by atoms with E-state index in [0.29, 0.717) is 5.54 Å². The average molecular weight is 238 g/mol. The van der Waals surface area contributed by atoms with Gasteiger partial charge in [0.1, 0.15) is 0 Å². The molecule has 17 heavy (non-hydrogen) atoms. The topological polar surface area (TPSA) is 29.3 Å². The van der Waals surface area contributed by atoms with Crippen LogP contribution in [-0.4, -0.2) is 30.1 Å². The van der Waals surface area contributed by atoms with Gasteiger partial charge in [0.2, 0.25) is 0 Å². The molecule has 2 rings (SSSR count). The third-order valence-electron chi connectivity index (χ3n) is 5.36. The van der Waals surface area contributed by atoms with Crippen LogP contribution in [0.5, 0.6) is 0 Å². The van der Waals surface area contributed by atoms with Gasteiger partial charge in [-0.05, 0) is 63.5 Å². The Kier molecular flexibility index (Phi) is 4.48. The van der Waals surface area contributed by atoms with E-state index in [1.165, 1.54) is 58.0 Å². The lowest BCUT2D eigenvalue weighted by atomic mass is 9.87. The SMILES string of the molecule is CCC1CCCN(C(CC)(CN)C2CC2)CC1. The summed E-state index contributed by atoms with van der Waals surface area (Å²) in [6.45, 7) is 8.13. The van der Waals surface area contributed by atoms with Crippen LogP contribution < -0.4 is 5.73 Å². The molecule has 100 valence electrons. The first-order valence-corrected chi connectivity index (χ1v) is 7.72. The summed E-state index contributed by atoms with van der Waals surface area (Å²) in [6, 6.07) is 0. The molecule has 0 spiro atoms. The zero-order valence-corrected chi connectivity index (χ0v) is 11.8. The molecule has 2 atom stereocenters. The Morgan fingerprint density at radius 2 is 1.88 bits per heavy atom. The number of hydrogen-bond donors (Lipinski definition) is 1. The lowest BCUT2D eigenvalue weighted by Crippen LogP contribution is -2.55. The Hall–Kier alpha value is -0.0800. The molecule has 2 fully saturated rings. The van der Waals surface area contributed by atoms with Crippen molar-refractivity contribution in [3.8, 4) is 0 Å². The molecule has 1 aliphatic heterocycles. The van der Waals surface area contributed by atoms with Crippen LogP contribution in [0.4, 0.5) is 0 Å². The van der Waals surface area contributed by atoms with Crippen LogP contribution in [0.25, 0.3) is 0 Å². The van der Waals surface area contributed by atoms with Gasteiger partial charge in [0, 0.05) is 12.1 Å². The van der Waals surface area contributed by atoms with E-state index in [1.54, 1.807) is 0 Å². The van der Waals surface area contributed by atoms with Crippen molar-refractivity contribution < 1.29 is 0 Å². The third-order valence-corrected chi connectivity index (χ3v) is 5.36. The minimum Gasteiger partial charge on any atom is -0.329 e. The molecule has 0 aromatic carbocycles. The van der Waals surface area contributed by atoms with Crippen molar-refractivity contribution in [1.82, 2.24) is 4.90 Å². The average Bonchev–Trinajstić information content (AvgIpc) is 3.18. The summed E-state index contributed by atoms with van der Waals surface area (Å²) in [6.07, 6.45) is 9.64. The second-order valence-corrected chi connectivity index (χ2v) is 6.13. The summed E-state index contributed by atoms with van der Waals surface area (Å²) in [5.41, 5.74) is 6.52. The Morgan fingerprint density at radius 3 is 2.41 bits per heavy atom. The molecule has 2 aliphatic rings. The summed E-state index contributed by atoms with van der Waals surface area (Å²) in [5, 5.41) is 0. The van der Waals surface area contributed by atoms with Crippen molar-refractivity contribution >= 4 is 0 Å². The van der Waals surface area contributed by atoms with Crippen molar-refractivity contribution in [3.05, 3.63) is 0 Å². The van der Waals surface area contributed by atoms with Gasteiger partial charge in [0.05, 0.1) is 0 Å². The van der Waals surface area contributed by atoms with E-state index in [2.05, 4.69) is 18.7 Å². The van der Waals surface area contributed by atoms with Crippen LogP contribution in [0.3, 0.4) is 0 Å². The summed E-state index contributed by atoms with van der Waals surface area (Å²) < 4.78 is 0. The van der Waals surface area contributed by atoms with E-state index < -0.39 is 0 Å². The van der Waals surface area contributed by atoms with Crippen molar-refractivity contribution in [3.63, 3.8) is 0 Å². The molecule has 0 aromatic heterocycles. The van der Waals surface area contributed by atoms with E-state index in [-0.39, 0.29) is 0 Å². The van der Waals surface area contributed by atoms with Crippen molar-refractivity contribution in [2.75, 3.05) is 19.6 Å². The largest absolute Gasteiger partial charge is 0.329 e. The highest BCUT2D eigenvalue weighted by Crippen LogP contribution is 2.45. The van der Waals surface area contributed by atoms with Crippen LogP contribution in [0, 0.1) is 11.8 Å². The van der Waals surface area contributed by atoms with Gasteiger partial charge in [-0.2, -0.15) is 0 Å². The van der Waals surface area contributed by atoms with Crippen LogP contribution in [-0.2, 0) is 0 Å². The monoisotopic (exact) mass is 238 g/mol. The maximum atomic E-state index is 6.17. The van der Waals surface area contributed by atoms with Gasteiger partial charge in [-0.1, -0.05) is 20.3 Å². The molecule has 2 heteroatoms. The van der Waals surface area contributed by atoms with E-state index in [0.717, 1.165) is 18.4 Å². The Morgan fingerprint density at radius 1 is 1.12 bits per heavy atom. The van der Waals surface area contributed by atoms with Crippen molar-refractivity contribution in [1.29, 1.82) is 0 Å². The van der Waals surface area contributed by atoms with E-state index in [9.17, 15) is 0 Å². The zero-order chi connectivity index (χ0) is 12.3. The molecule has 0 amide bonds. The maximum Gasteiger partial charge on any atom is 0.0357 e. The summed E-state index contributed by atoms with van der Waals surface area (Å²) >= 11 is 0. The fourth-order valence-electron chi connectivity index (χ4n) is 3.85. The van der Waals surface area contributed by atoms with Crippen molar-refractivity contribution in [2.24, 2.45) is 17.6 Å². The number of nitrogens with zero attached hydrogens (tertiary/aromatic N) is 1. The lowest BCUT2D eigenvalue weighted by molar-refractivity contribution is 0.0705. The number of likely N-dealkylation sites (tertiary alicyclic amines) is 1. The highest BCUT2D eigenvalue weighted by molar-refractivity contribution is 5.03. The molecule has 0 aromatic rings. The van der Waals surface area contributed by atoms with Crippen molar-refractivity contribution in [2.45, 2.75) is 64.3 Å². The molecular formula is C15H30N2. The molecule has 1 saturated carbocycles. The standard InChI is InChI=1S/C15H30N2/c1-3-13-6-5-10-17(11-9-13)15(4-2,12-16)14-7-8-14/h13-14H,3-12,16H2,1-2H3. The van der Waals surface area contributed by atoms with Crippen LogP contribution in [0.2, 0.25) is 0 Å². The molecule has 1 aliphatic carbocycles. The summed E-state index contributed by atoms with van der Waals surface area (Å²) in [4.78, 5) is 2.76. The molecule has 1 heterocycles. The molecule has 0 bridgehead atoms. The normalized spacial score (nSPS) is 30.9. The minimum absolute atomic E-state index is 0.350. The third kappa shape index (κ3) is 2.68. The first-order chi connectivity index (χ1) is 8.26. The molecule has 2 N–H and O–H groups in total. The smallest absolute Gasteiger partial charge is 0.0357 e. The van der Waals surface area contributed by atoms with Gasteiger partial charge in [-0.3, -0.25) is 4.90 Å². The van der Waals surface area contributed by atoms with Gasteiger partial charge in [-0.25, -0.2) is 0 Å². The van der Waals surface area contributed by atoms with E-state index in [4.69, 9.17) is 5.73 Å². The fraction of sp³-hybridized carbons (Fsp3) is 1.00. The predicted molar refractivity (Wildman–Crippen MR) is 74.0 cm³/mol. The van der Waals surface area contributed by atoms with Gasteiger partial charge >= 0.3 is 0 Å². The molecular weight excluding hydrogens is 208 g/mol. The van der Waals surface area contributed by atoms with Crippen LogP contribution in [0.15, 0.2) is 0 Å². The molecule has 2 unspecified atom stereocenters. The zero-order valence-electron chi connectivity index (χ0n) is 11.8. The highest BCUT2D eigenvalue weighted by Gasteiger charge is 2.46.